The minimum Gasteiger partial charge on any atom is -0.481 e. The van der Waals surface area contributed by atoms with Crippen molar-refractivity contribution in [2.45, 2.75) is 72.1 Å². The number of nitrogens with zero attached hydrogens (tertiary/aromatic N) is 2. The fourth-order valence-electron chi connectivity index (χ4n) is 6.56. The molecule has 9 nitrogen and oxygen atoms in total. The Balaban J connectivity index is 2.02. The molecule has 3 aromatic rings. The predicted molar refractivity (Wildman–Crippen MR) is 169 cm³/mol. The number of aliphatic hydroxyl groups is 1. The summed E-state index contributed by atoms with van der Waals surface area (Å²) in [7, 11) is 0. The van der Waals surface area contributed by atoms with Crippen LogP contribution in [0.15, 0.2) is 24.8 Å². The van der Waals surface area contributed by atoms with E-state index in [1.165, 1.54) is 0 Å². The zero-order chi connectivity index (χ0) is 31.2. The van der Waals surface area contributed by atoms with Crippen LogP contribution >= 0.6 is 0 Å². The fraction of sp³-hybridized carbons (Fsp3) is 0.353. The first kappa shape index (κ1) is 30.0. The Morgan fingerprint density at radius 3 is 2.33 bits per heavy atom. The highest BCUT2D eigenvalue weighted by Crippen LogP contribution is 2.43. The number of aromatic amines is 2. The number of carbonyl (C=O) groups is 2. The van der Waals surface area contributed by atoms with Gasteiger partial charge in [0.2, 0.25) is 0 Å². The number of hydrogen-bond donors (Lipinski definition) is 5. The van der Waals surface area contributed by atoms with Gasteiger partial charge in [0.25, 0.3) is 0 Å². The highest BCUT2D eigenvalue weighted by atomic mass is 16.4. The highest BCUT2D eigenvalue weighted by Gasteiger charge is 2.32. The number of fused-ring (bicyclic) bond motifs is 8. The third-order valence-electron chi connectivity index (χ3n) is 8.98. The van der Waals surface area contributed by atoms with Crippen LogP contribution in [0.1, 0.15) is 107 Å². The molecule has 0 aromatic carbocycles. The number of hydrogen-bond acceptors (Lipinski definition) is 5. The molecule has 0 saturated heterocycles. The second-order valence-corrected chi connectivity index (χ2v) is 11.4. The quantitative estimate of drug-likeness (QED) is 0.194. The van der Waals surface area contributed by atoms with E-state index in [1.807, 2.05) is 45.0 Å². The standard InChI is InChI=1S/C34H38N4O5/c1-7-20-16(3)24-13-26-18(5)22(9-10-30(40)41)32(37-26)23(11-12-39)33-31(34(42)43)19(6)27(38-33)15-29-21(8-2)17(4)25(36-29)14-28(20)35-24/h7,13-15,18,22,35,38-39H,1,8-12H2,2-6H3,(H,40,41)(H,42,43)/t18-,22-/m0/s1. The maximum atomic E-state index is 12.7. The van der Waals surface area contributed by atoms with Gasteiger partial charge in [0, 0.05) is 63.9 Å². The van der Waals surface area contributed by atoms with Gasteiger partial charge >= 0.3 is 11.9 Å². The number of aliphatic carboxylic acids is 1. The average Bonchev–Trinajstić information content (AvgIpc) is 3.63. The van der Waals surface area contributed by atoms with Crippen molar-refractivity contribution < 1.29 is 24.9 Å². The Kier molecular flexibility index (Phi) is 8.12. The molecule has 2 aliphatic heterocycles. The zero-order valence-electron chi connectivity index (χ0n) is 25.3. The summed E-state index contributed by atoms with van der Waals surface area (Å²) in [5, 5.41) is 30.1. The van der Waals surface area contributed by atoms with E-state index in [0.717, 1.165) is 56.8 Å². The van der Waals surface area contributed by atoms with E-state index in [9.17, 15) is 24.9 Å². The Labute approximate surface area is 250 Å². The second kappa shape index (κ2) is 11.6. The van der Waals surface area contributed by atoms with Crippen LogP contribution in [0, 0.1) is 13.8 Å². The summed E-state index contributed by atoms with van der Waals surface area (Å²) in [5.74, 6) is -2.44. The number of rotatable bonds is 8. The van der Waals surface area contributed by atoms with E-state index in [4.69, 9.17) is 9.97 Å². The van der Waals surface area contributed by atoms with Gasteiger partial charge in [0.1, 0.15) is 0 Å². The third-order valence-corrected chi connectivity index (χ3v) is 8.98. The molecule has 0 radical (unpaired) electrons. The van der Waals surface area contributed by atoms with E-state index in [1.54, 1.807) is 6.92 Å². The molecule has 0 fully saturated rings. The van der Waals surface area contributed by atoms with Crippen LogP contribution in [0.25, 0.3) is 39.3 Å². The monoisotopic (exact) mass is 582 g/mol. The van der Waals surface area contributed by atoms with Gasteiger partial charge in [-0.15, -0.1) is 0 Å². The number of nitrogens with one attached hydrogen (secondary N) is 2. The molecule has 0 saturated carbocycles. The molecule has 0 unspecified atom stereocenters. The first-order valence-corrected chi connectivity index (χ1v) is 14.7. The molecule has 0 spiro atoms. The summed E-state index contributed by atoms with van der Waals surface area (Å²) in [6, 6.07) is 5.90. The number of H-pyrrole nitrogens is 2. The number of aromatic carboxylic acids is 1. The molecular weight excluding hydrogens is 544 g/mol. The van der Waals surface area contributed by atoms with Crippen LogP contribution in [-0.2, 0) is 11.2 Å². The van der Waals surface area contributed by atoms with Gasteiger partial charge in [-0.2, -0.15) is 0 Å². The molecule has 224 valence electrons. The summed E-state index contributed by atoms with van der Waals surface area (Å²) in [6.45, 7) is 13.7. The summed E-state index contributed by atoms with van der Waals surface area (Å²) in [5.41, 5.74) is 11.0. The van der Waals surface area contributed by atoms with Crippen molar-refractivity contribution in [2.75, 3.05) is 6.61 Å². The van der Waals surface area contributed by atoms with E-state index in [-0.39, 0.29) is 36.8 Å². The fourth-order valence-corrected chi connectivity index (χ4v) is 6.56. The SMILES string of the molecule is C=Cc1c(C)c2cc3nc(c(CCO)c4[nH]c(cc5nc(cc1[nH]2)C(C)=C5CC)c(C)c4C(=O)O)[C@@H](CCC(=O)O)[C@@H]3C. The minimum atomic E-state index is -1.09. The van der Waals surface area contributed by atoms with Crippen LogP contribution in [-0.4, -0.2) is 53.8 Å². The number of allylic oxidation sites excluding steroid dienone is 2. The first-order valence-electron chi connectivity index (χ1n) is 14.7. The van der Waals surface area contributed by atoms with Crippen molar-refractivity contribution in [1.82, 2.24) is 19.9 Å². The van der Waals surface area contributed by atoms with Gasteiger partial charge < -0.3 is 25.3 Å². The smallest absolute Gasteiger partial charge is 0.338 e. The molecule has 8 bridgehead atoms. The van der Waals surface area contributed by atoms with Gasteiger partial charge in [-0.25, -0.2) is 9.78 Å². The van der Waals surface area contributed by atoms with Crippen molar-refractivity contribution in [2.24, 2.45) is 0 Å². The molecule has 2 aliphatic rings. The summed E-state index contributed by atoms with van der Waals surface area (Å²) >= 11 is 0. The molecule has 0 amide bonds. The molecule has 0 aliphatic carbocycles. The number of carboxylic acid groups (broad SMARTS) is 2. The maximum Gasteiger partial charge on any atom is 0.338 e. The normalized spacial score (nSPS) is 16.5. The molecular formula is C34H38N4O5. The Bertz CT molecular complexity index is 1860. The summed E-state index contributed by atoms with van der Waals surface area (Å²) in [4.78, 5) is 41.3. The Morgan fingerprint density at radius 1 is 1.00 bits per heavy atom. The van der Waals surface area contributed by atoms with Gasteiger partial charge in [0.15, 0.2) is 0 Å². The lowest BCUT2D eigenvalue weighted by molar-refractivity contribution is -0.137. The van der Waals surface area contributed by atoms with Crippen molar-refractivity contribution >= 4 is 51.2 Å². The highest BCUT2D eigenvalue weighted by molar-refractivity contribution is 6.02. The molecule has 3 aromatic heterocycles. The third kappa shape index (κ3) is 5.18. The lowest BCUT2D eigenvalue weighted by atomic mass is 9.85. The van der Waals surface area contributed by atoms with Gasteiger partial charge in [-0.1, -0.05) is 26.5 Å². The van der Waals surface area contributed by atoms with Gasteiger partial charge in [-0.05, 0) is 80.5 Å². The number of carboxylic acids is 2. The molecule has 5 heterocycles. The van der Waals surface area contributed by atoms with Crippen molar-refractivity contribution in [3.63, 3.8) is 0 Å². The number of aryl methyl sites for hydroxylation is 2. The summed E-state index contributed by atoms with van der Waals surface area (Å²) in [6.07, 6.45) is 2.98. The van der Waals surface area contributed by atoms with Gasteiger partial charge in [-0.3, -0.25) is 9.78 Å². The number of aromatic nitrogens is 4. The summed E-state index contributed by atoms with van der Waals surface area (Å²) < 4.78 is 0. The topological polar surface area (TPSA) is 152 Å². The predicted octanol–water partition coefficient (Wildman–Crippen LogP) is 6.90. The average molecular weight is 583 g/mol. The molecule has 5 N–H and O–H groups in total. The van der Waals surface area contributed by atoms with E-state index in [0.29, 0.717) is 34.3 Å². The van der Waals surface area contributed by atoms with E-state index < -0.39 is 11.9 Å². The van der Waals surface area contributed by atoms with Crippen LogP contribution in [0.5, 0.6) is 0 Å². The van der Waals surface area contributed by atoms with Crippen LogP contribution in [0.3, 0.4) is 0 Å². The van der Waals surface area contributed by atoms with Crippen LogP contribution < -0.4 is 0 Å². The number of aliphatic hydroxyl groups excluding tert-OH is 1. The lowest BCUT2D eigenvalue weighted by Crippen LogP contribution is -2.09. The molecule has 2 atom stereocenters. The molecule has 9 heteroatoms. The van der Waals surface area contributed by atoms with E-state index >= 15 is 0 Å². The minimum absolute atomic E-state index is 0.0621. The van der Waals surface area contributed by atoms with Gasteiger partial charge in [0.05, 0.1) is 22.5 Å². The largest absolute Gasteiger partial charge is 0.481 e. The van der Waals surface area contributed by atoms with E-state index in [2.05, 4.69) is 23.5 Å². The van der Waals surface area contributed by atoms with Crippen LogP contribution in [0.4, 0.5) is 0 Å². The Hall–Kier alpha value is -4.50. The maximum absolute atomic E-state index is 12.7. The van der Waals surface area contributed by atoms with Crippen molar-refractivity contribution in [3.8, 4) is 0 Å². The van der Waals surface area contributed by atoms with Crippen molar-refractivity contribution in [3.05, 3.63) is 75.4 Å². The van der Waals surface area contributed by atoms with Crippen molar-refractivity contribution in [1.29, 1.82) is 0 Å². The zero-order valence-corrected chi connectivity index (χ0v) is 25.3. The molecule has 5 rings (SSSR count). The van der Waals surface area contributed by atoms with Crippen LogP contribution in [0.2, 0.25) is 0 Å². The molecule has 43 heavy (non-hydrogen) atoms. The lowest BCUT2D eigenvalue weighted by Gasteiger charge is -2.17. The second-order valence-electron chi connectivity index (χ2n) is 11.4. The first-order chi connectivity index (χ1) is 20.5. The Morgan fingerprint density at radius 2 is 1.70 bits per heavy atom.